The highest BCUT2D eigenvalue weighted by Crippen LogP contribution is 2.36. The first-order valence-electron chi connectivity index (χ1n) is 13.9. The number of para-hydroxylation sites is 2. The van der Waals surface area contributed by atoms with E-state index < -0.39 is 47.7 Å². The molecule has 10 heteroatoms. The molecule has 1 aliphatic carbocycles. The molecule has 224 valence electrons. The van der Waals surface area contributed by atoms with Gasteiger partial charge >= 0.3 is 11.9 Å². The second-order valence-electron chi connectivity index (χ2n) is 10.4. The second kappa shape index (κ2) is 13.6. The van der Waals surface area contributed by atoms with Crippen molar-refractivity contribution < 1.29 is 38.9 Å². The Morgan fingerprint density at radius 2 is 0.818 bits per heavy atom. The first-order valence-corrected chi connectivity index (χ1v) is 13.9. The van der Waals surface area contributed by atoms with E-state index in [-0.39, 0.29) is 12.8 Å². The Balaban J connectivity index is 1.19. The number of rotatable bonds is 12. The van der Waals surface area contributed by atoms with Crippen LogP contribution in [0, 0.1) is 11.8 Å². The van der Waals surface area contributed by atoms with E-state index in [0.29, 0.717) is 34.1 Å². The van der Waals surface area contributed by atoms with Gasteiger partial charge in [-0.25, -0.2) is 0 Å². The molecule has 4 aromatic rings. The summed E-state index contributed by atoms with van der Waals surface area (Å²) in [4.78, 5) is 49.8. The van der Waals surface area contributed by atoms with E-state index in [1.807, 2.05) is 60.7 Å². The zero-order valence-electron chi connectivity index (χ0n) is 23.5. The Morgan fingerprint density at radius 3 is 1.14 bits per heavy atom. The number of hydrogen-bond acceptors (Lipinski definition) is 6. The highest BCUT2D eigenvalue weighted by molar-refractivity contribution is 5.88. The van der Waals surface area contributed by atoms with Crippen LogP contribution in [0.1, 0.15) is 11.1 Å². The molecule has 1 aliphatic rings. The molecule has 0 saturated heterocycles. The average Bonchev–Trinajstić information content (AvgIpc) is 3.00. The van der Waals surface area contributed by atoms with E-state index in [1.54, 1.807) is 48.5 Å². The fourth-order valence-electron chi connectivity index (χ4n) is 5.17. The van der Waals surface area contributed by atoms with Gasteiger partial charge in [0.15, 0.2) is 0 Å². The zero-order chi connectivity index (χ0) is 31.1. The first-order chi connectivity index (χ1) is 21.3. The SMILES string of the molecule is O=C(Cc1ccc(Oc2ccccc2)cc1)NC1C(NC(=O)Cc2ccc(Oc3ccccc3)cc2)C(C(=O)O)C1C(=O)O. The lowest BCUT2D eigenvalue weighted by molar-refractivity contribution is -0.167. The Hall–Kier alpha value is -5.64. The number of carboxylic acid groups (broad SMARTS) is 2. The summed E-state index contributed by atoms with van der Waals surface area (Å²) in [6.07, 6.45) is -0.158. The largest absolute Gasteiger partial charge is 0.481 e. The van der Waals surface area contributed by atoms with Crippen LogP contribution in [0.5, 0.6) is 23.0 Å². The Bertz CT molecular complexity index is 1490. The maximum atomic E-state index is 12.9. The van der Waals surface area contributed by atoms with Crippen LogP contribution in [-0.2, 0) is 32.0 Å². The lowest BCUT2D eigenvalue weighted by Gasteiger charge is -2.47. The van der Waals surface area contributed by atoms with Gasteiger partial charge in [0.1, 0.15) is 23.0 Å². The average molecular weight is 595 g/mol. The number of carbonyl (C=O) groups excluding carboxylic acids is 2. The smallest absolute Gasteiger partial charge is 0.309 e. The Morgan fingerprint density at radius 1 is 0.500 bits per heavy atom. The molecule has 0 aromatic heterocycles. The minimum absolute atomic E-state index is 0.0791. The second-order valence-corrected chi connectivity index (χ2v) is 10.4. The summed E-state index contributed by atoms with van der Waals surface area (Å²) in [5.74, 6) is -4.07. The Labute approximate surface area is 253 Å². The number of aliphatic carboxylic acids is 2. The fraction of sp³-hybridized carbons (Fsp3) is 0.176. The lowest BCUT2D eigenvalue weighted by atomic mass is 9.64. The Kier molecular flexibility index (Phi) is 9.19. The molecular weight excluding hydrogens is 564 g/mol. The molecule has 1 saturated carbocycles. The van der Waals surface area contributed by atoms with Crippen LogP contribution in [0.25, 0.3) is 0 Å². The zero-order valence-corrected chi connectivity index (χ0v) is 23.5. The molecule has 10 nitrogen and oxygen atoms in total. The number of ether oxygens (including phenoxy) is 2. The van der Waals surface area contributed by atoms with Crippen LogP contribution in [0.15, 0.2) is 109 Å². The summed E-state index contributed by atoms with van der Waals surface area (Å²) < 4.78 is 11.5. The molecule has 0 spiro atoms. The molecule has 0 radical (unpaired) electrons. The van der Waals surface area contributed by atoms with Gasteiger partial charge in [-0.1, -0.05) is 60.7 Å². The topological polar surface area (TPSA) is 151 Å². The van der Waals surface area contributed by atoms with Crippen molar-refractivity contribution >= 4 is 23.8 Å². The third-order valence-electron chi connectivity index (χ3n) is 7.31. The molecule has 44 heavy (non-hydrogen) atoms. The highest BCUT2D eigenvalue weighted by Gasteiger charge is 2.59. The van der Waals surface area contributed by atoms with Gasteiger partial charge in [0.2, 0.25) is 11.8 Å². The first kappa shape index (κ1) is 29.8. The van der Waals surface area contributed by atoms with Crippen LogP contribution in [0.2, 0.25) is 0 Å². The number of carbonyl (C=O) groups is 4. The molecule has 0 aliphatic heterocycles. The van der Waals surface area contributed by atoms with Gasteiger partial charge in [0.25, 0.3) is 0 Å². The lowest BCUT2D eigenvalue weighted by Crippen LogP contribution is -2.73. The maximum Gasteiger partial charge on any atom is 0.309 e. The fourth-order valence-corrected chi connectivity index (χ4v) is 5.17. The van der Waals surface area contributed by atoms with Crippen LogP contribution in [-0.4, -0.2) is 46.0 Å². The van der Waals surface area contributed by atoms with Gasteiger partial charge in [0.05, 0.1) is 36.8 Å². The monoisotopic (exact) mass is 594 g/mol. The molecule has 4 atom stereocenters. The van der Waals surface area contributed by atoms with Crippen molar-refractivity contribution in [1.29, 1.82) is 0 Å². The van der Waals surface area contributed by atoms with Crippen molar-refractivity contribution in [3.8, 4) is 23.0 Å². The van der Waals surface area contributed by atoms with Crippen molar-refractivity contribution in [2.75, 3.05) is 0 Å². The van der Waals surface area contributed by atoms with E-state index in [1.165, 1.54) is 0 Å². The van der Waals surface area contributed by atoms with Crippen LogP contribution in [0.3, 0.4) is 0 Å². The summed E-state index contributed by atoms with van der Waals surface area (Å²) in [5, 5.41) is 24.8. The van der Waals surface area contributed by atoms with Gasteiger partial charge in [-0.05, 0) is 59.7 Å². The van der Waals surface area contributed by atoms with Crippen LogP contribution < -0.4 is 20.1 Å². The highest BCUT2D eigenvalue weighted by atomic mass is 16.5. The normalized spacial score (nSPS) is 18.7. The number of benzene rings is 4. The molecular formula is C34H30N2O8. The third kappa shape index (κ3) is 7.40. The van der Waals surface area contributed by atoms with E-state index in [9.17, 15) is 29.4 Å². The quantitative estimate of drug-likeness (QED) is 0.188. The van der Waals surface area contributed by atoms with E-state index >= 15 is 0 Å². The van der Waals surface area contributed by atoms with Crippen molar-refractivity contribution in [3.63, 3.8) is 0 Å². The van der Waals surface area contributed by atoms with Crippen molar-refractivity contribution in [2.24, 2.45) is 11.8 Å². The van der Waals surface area contributed by atoms with Crippen LogP contribution in [0.4, 0.5) is 0 Å². The molecule has 5 rings (SSSR count). The maximum absolute atomic E-state index is 12.9. The summed E-state index contributed by atoms with van der Waals surface area (Å²) in [6.45, 7) is 0. The number of amides is 2. The van der Waals surface area contributed by atoms with E-state index in [4.69, 9.17) is 9.47 Å². The molecule has 2 amide bonds. The molecule has 0 bridgehead atoms. The molecule has 4 N–H and O–H groups in total. The van der Waals surface area contributed by atoms with Crippen molar-refractivity contribution in [3.05, 3.63) is 120 Å². The van der Waals surface area contributed by atoms with E-state index in [2.05, 4.69) is 10.6 Å². The predicted octanol–water partition coefficient (Wildman–Crippen LogP) is 4.44. The van der Waals surface area contributed by atoms with Crippen molar-refractivity contribution in [2.45, 2.75) is 24.9 Å². The van der Waals surface area contributed by atoms with Gasteiger partial charge in [0, 0.05) is 0 Å². The minimum Gasteiger partial charge on any atom is -0.481 e. The number of carboxylic acids is 2. The van der Waals surface area contributed by atoms with Gasteiger partial charge in [-0.15, -0.1) is 0 Å². The third-order valence-corrected chi connectivity index (χ3v) is 7.31. The van der Waals surface area contributed by atoms with Crippen molar-refractivity contribution in [1.82, 2.24) is 10.6 Å². The molecule has 4 aromatic carbocycles. The number of nitrogens with one attached hydrogen (secondary N) is 2. The van der Waals surface area contributed by atoms with Gasteiger partial charge < -0.3 is 30.3 Å². The summed E-state index contributed by atoms with van der Waals surface area (Å²) in [6, 6.07) is 29.9. The molecule has 1 fully saturated rings. The van der Waals surface area contributed by atoms with Crippen LogP contribution >= 0.6 is 0 Å². The standard InChI is InChI=1S/C34H30N2O8/c37-27(19-21-11-15-25(16-12-21)43-23-7-3-1-4-8-23)35-31-29(33(39)40)30(34(41)42)32(31)36-28(38)20-22-13-17-26(18-14-22)44-24-9-5-2-6-10-24/h1-18,29-32H,19-20H2,(H,35,37)(H,36,38)(H,39,40)(H,41,42). The van der Waals surface area contributed by atoms with E-state index in [0.717, 1.165) is 0 Å². The molecule has 0 heterocycles. The molecule has 4 unspecified atom stereocenters. The predicted molar refractivity (Wildman–Crippen MR) is 159 cm³/mol. The minimum atomic E-state index is -1.40. The summed E-state index contributed by atoms with van der Waals surface area (Å²) in [5.41, 5.74) is 1.29. The van der Waals surface area contributed by atoms with Gasteiger partial charge in [-0.2, -0.15) is 0 Å². The summed E-state index contributed by atoms with van der Waals surface area (Å²) >= 11 is 0. The summed E-state index contributed by atoms with van der Waals surface area (Å²) in [7, 11) is 0. The van der Waals surface area contributed by atoms with Gasteiger partial charge in [-0.3, -0.25) is 19.2 Å². The number of hydrogen-bond donors (Lipinski definition) is 4.